The molecule has 2 aromatic carbocycles. The Morgan fingerprint density at radius 2 is 1.88 bits per heavy atom. The zero-order valence-electron chi connectivity index (χ0n) is 14.0. The van der Waals surface area contributed by atoms with Gasteiger partial charge in [-0.05, 0) is 30.3 Å². The second-order valence-corrected chi connectivity index (χ2v) is 7.45. The maximum atomic E-state index is 12.7. The predicted molar refractivity (Wildman–Crippen MR) is 99.7 cm³/mol. The number of para-hydroxylation sites is 2. The van der Waals surface area contributed by atoms with Gasteiger partial charge >= 0.3 is 0 Å². The number of methoxy groups -OCH3 is 1. The first-order valence-electron chi connectivity index (χ1n) is 8.02. The fourth-order valence-electron chi connectivity index (χ4n) is 2.83. The summed E-state index contributed by atoms with van der Waals surface area (Å²) in [6.45, 7) is 3.45. The van der Waals surface area contributed by atoms with Gasteiger partial charge in [-0.2, -0.15) is 0 Å². The molecule has 134 valence electrons. The topological polar surface area (TPSA) is 96.7 Å². The van der Waals surface area contributed by atoms with Gasteiger partial charge in [0.1, 0.15) is 5.75 Å². The molecule has 1 fully saturated rings. The second kappa shape index (κ2) is 7.20. The number of nitrogens with zero attached hydrogens (tertiary/aromatic N) is 1. The number of rotatable bonds is 5. The van der Waals surface area contributed by atoms with Crippen LogP contribution in [0.15, 0.2) is 47.4 Å². The molecule has 0 aromatic heterocycles. The van der Waals surface area contributed by atoms with E-state index in [-0.39, 0.29) is 4.90 Å². The maximum absolute atomic E-state index is 12.7. The molecular weight excluding hydrogens is 340 g/mol. The van der Waals surface area contributed by atoms with Crippen LogP contribution in [0.5, 0.6) is 5.75 Å². The molecular formula is C17H22N4O3S. The van der Waals surface area contributed by atoms with Crippen LogP contribution in [0.25, 0.3) is 0 Å². The van der Waals surface area contributed by atoms with E-state index in [9.17, 15) is 8.42 Å². The lowest BCUT2D eigenvalue weighted by Crippen LogP contribution is -2.43. The fourth-order valence-corrected chi connectivity index (χ4v) is 3.93. The third kappa shape index (κ3) is 3.80. The number of hydrogen-bond donors (Lipinski definition) is 3. The number of sulfonamides is 1. The molecule has 2 aromatic rings. The van der Waals surface area contributed by atoms with Gasteiger partial charge < -0.3 is 20.7 Å². The predicted octanol–water partition coefficient (Wildman–Crippen LogP) is 1.49. The van der Waals surface area contributed by atoms with Crippen LogP contribution in [0, 0.1) is 0 Å². The summed E-state index contributed by atoms with van der Waals surface area (Å²) in [7, 11) is -2.26. The number of hydrogen-bond acceptors (Lipinski definition) is 6. The van der Waals surface area contributed by atoms with E-state index in [1.165, 1.54) is 13.2 Å². The molecule has 0 spiro atoms. The minimum atomic E-state index is -3.76. The molecule has 1 saturated heterocycles. The Morgan fingerprint density at radius 1 is 1.16 bits per heavy atom. The van der Waals surface area contributed by atoms with E-state index < -0.39 is 10.0 Å². The van der Waals surface area contributed by atoms with Gasteiger partial charge in [0, 0.05) is 26.2 Å². The van der Waals surface area contributed by atoms with Crippen molar-refractivity contribution in [1.82, 2.24) is 5.32 Å². The van der Waals surface area contributed by atoms with Gasteiger partial charge in [-0.1, -0.05) is 12.1 Å². The third-order valence-corrected chi connectivity index (χ3v) is 5.48. The molecule has 0 bridgehead atoms. The van der Waals surface area contributed by atoms with Crippen LogP contribution in [0.4, 0.5) is 17.1 Å². The Morgan fingerprint density at radius 3 is 2.56 bits per heavy atom. The van der Waals surface area contributed by atoms with Crippen LogP contribution in [0.3, 0.4) is 0 Å². The standard InChI is InChI=1S/C17H22N4O3S/c1-24-17-5-3-2-4-15(17)20-25(22,23)13-6-7-16(14(18)12-13)21-10-8-19-9-11-21/h2-7,12,19-20H,8-11,18H2,1H3. The number of nitrogen functional groups attached to an aromatic ring is 1. The van der Waals surface area contributed by atoms with E-state index in [1.807, 2.05) is 0 Å². The van der Waals surface area contributed by atoms with Crippen LogP contribution in [0.1, 0.15) is 0 Å². The van der Waals surface area contributed by atoms with Crippen molar-refractivity contribution in [1.29, 1.82) is 0 Å². The third-order valence-electron chi connectivity index (χ3n) is 4.12. The molecule has 1 aliphatic heterocycles. The number of benzene rings is 2. The van der Waals surface area contributed by atoms with E-state index in [0.29, 0.717) is 17.1 Å². The molecule has 0 radical (unpaired) electrons. The highest BCUT2D eigenvalue weighted by molar-refractivity contribution is 7.92. The summed E-state index contributed by atoms with van der Waals surface area (Å²) in [5, 5.41) is 3.28. The Kier molecular flexibility index (Phi) is 5.00. The van der Waals surface area contributed by atoms with Crippen molar-refractivity contribution in [2.24, 2.45) is 0 Å². The highest BCUT2D eigenvalue weighted by atomic mass is 32.2. The quantitative estimate of drug-likeness (QED) is 0.698. The largest absolute Gasteiger partial charge is 0.495 e. The van der Waals surface area contributed by atoms with E-state index in [0.717, 1.165) is 31.9 Å². The molecule has 3 rings (SSSR count). The number of ether oxygens (including phenoxy) is 1. The number of anilines is 3. The number of nitrogens with two attached hydrogens (primary N) is 1. The van der Waals surface area contributed by atoms with E-state index in [2.05, 4.69) is 14.9 Å². The normalized spacial score (nSPS) is 15.0. The second-order valence-electron chi connectivity index (χ2n) is 5.76. The summed E-state index contributed by atoms with van der Waals surface area (Å²) < 4.78 is 33.1. The lowest BCUT2D eigenvalue weighted by molar-refractivity contribution is 0.417. The SMILES string of the molecule is COc1ccccc1NS(=O)(=O)c1ccc(N2CCNCC2)c(N)c1. The van der Waals surface area contributed by atoms with Gasteiger partial charge in [0.15, 0.2) is 0 Å². The number of nitrogens with one attached hydrogen (secondary N) is 2. The van der Waals surface area contributed by atoms with Crippen LogP contribution in [-0.2, 0) is 10.0 Å². The van der Waals surface area contributed by atoms with Gasteiger partial charge in [-0.15, -0.1) is 0 Å². The van der Waals surface area contributed by atoms with Crippen molar-refractivity contribution in [2.75, 3.05) is 48.6 Å². The smallest absolute Gasteiger partial charge is 0.262 e. The van der Waals surface area contributed by atoms with Gasteiger partial charge in [0.2, 0.25) is 0 Å². The van der Waals surface area contributed by atoms with Crippen molar-refractivity contribution in [3.8, 4) is 5.75 Å². The average Bonchev–Trinajstić information content (AvgIpc) is 2.62. The van der Waals surface area contributed by atoms with Crippen molar-refractivity contribution in [2.45, 2.75) is 4.90 Å². The molecule has 0 unspecified atom stereocenters. The molecule has 7 nitrogen and oxygen atoms in total. The molecule has 0 atom stereocenters. The number of piperazine rings is 1. The minimum Gasteiger partial charge on any atom is -0.495 e. The van der Waals surface area contributed by atoms with Crippen LogP contribution in [-0.4, -0.2) is 41.7 Å². The van der Waals surface area contributed by atoms with E-state index in [1.54, 1.807) is 36.4 Å². The summed E-state index contributed by atoms with van der Waals surface area (Å²) in [6, 6.07) is 11.7. The summed E-state index contributed by atoms with van der Waals surface area (Å²) in [5.41, 5.74) is 7.81. The van der Waals surface area contributed by atoms with Gasteiger partial charge in [0.05, 0.1) is 29.1 Å². The first kappa shape index (κ1) is 17.4. The molecule has 25 heavy (non-hydrogen) atoms. The van der Waals surface area contributed by atoms with Crippen molar-refractivity contribution >= 4 is 27.1 Å². The Balaban J connectivity index is 1.86. The molecule has 8 heteroatoms. The van der Waals surface area contributed by atoms with Gasteiger partial charge in [-0.3, -0.25) is 4.72 Å². The summed E-state index contributed by atoms with van der Waals surface area (Å²) in [5.74, 6) is 0.455. The lowest BCUT2D eigenvalue weighted by atomic mass is 10.2. The average molecular weight is 362 g/mol. The Bertz CT molecular complexity index is 849. The van der Waals surface area contributed by atoms with Crippen molar-refractivity contribution < 1.29 is 13.2 Å². The lowest BCUT2D eigenvalue weighted by Gasteiger charge is -2.30. The summed E-state index contributed by atoms with van der Waals surface area (Å²) >= 11 is 0. The minimum absolute atomic E-state index is 0.120. The highest BCUT2D eigenvalue weighted by Crippen LogP contribution is 2.29. The van der Waals surface area contributed by atoms with Crippen molar-refractivity contribution in [3.63, 3.8) is 0 Å². The first-order chi connectivity index (χ1) is 12.0. The van der Waals surface area contributed by atoms with Crippen LogP contribution in [0.2, 0.25) is 0 Å². The maximum Gasteiger partial charge on any atom is 0.262 e. The summed E-state index contributed by atoms with van der Waals surface area (Å²) in [4.78, 5) is 2.27. The van der Waals surface area contributed by atoms with E-state index >= 15 is 0 Å². The molecule has 1 aliphatic rings. The van der Waals surface area contributed by atoms with E-state index in [4.69, 9.17) is 10.5 Å². The molecule has 1 heterocycles. The zero-order chi connectivity index (χ0) is 17.9. The molecule has 0 aliphatic carbocycles. The Hall–Kier alpha value is -2.45. The first-order valence-corrected chi connectivity index (χ1v) is 9.50. The van der Waals surface area contributed by atoms with Crippen molar-refractivity contribution in [3.05, 3.63) is 42.5 Å². The van der Waals surface area contributed by atoms with Crippen LogP contribution >= 0.6 is 0 Å². The molecule has 0 amide bonds. The summed E-state index contributed by atoms with van der Waals surface area (Å²) in [6.07, 6.45) is 0. The van der Waals surface area contributed by atoms with Gasteiger partial charge in [0.25, 0.3) is 10.0 Å². The van der Waals surface area contributed by atoms with Crippen LogP contribution < -0.4 is 25.4 Å². The fraction of sp³-hybridized carbons (Fsp3) is 0.294. The molecule has 0 saturated carbocycles. The Labute approximate surface area is 147 Å². The molecule has 4 N–H and O–H groups in total. The highest BCUT2D eigenvalue weighted by Gasteiger charge is 2.19. The zero-order valence-corrected chi connectivity index (χ0v) is 14.8. The monoisotopic (exact) mass is 362 g/mol. The van der Waals surface area contributed by atoms with Gasteiger partial charge in [-0.25, -0.2) is 8.42 Å².